The Morgan fingerprint density at radius 1 is 1.00 bits per heavy atom. The van der Waals surface area contributed by atoms with Crippen LogP contribution in [0.3, 0.4) is 0 Å². The van der Waals surface area contributed by atoms with Gasteiger partial charge in [-0.05, 0) is 6.92 Å². The third kappa shape index (κ3) is 3.02. The highest BCUT2D eigenvalue weighted by atomic mass is 28.4. The van der Waals surface area contributed by atoms with Gasteiger partial charge in [0.2, 0.25) is 0 Å². The molecule has 0 aliphatic carbocycles. The van der Waals surface area contributed by atoms with E-state index in [1.807, 2.05) is 6.92 Å². The maximum Gasteiger partial charge on any atom is 0.748 e. The van der Waals surface area contributed by atoms with Crippen LogP contribution < -0.4 is 0 Å². The summed E-state index contributed by atoms with van der Waals surface area (Å²) in [6.07, 6.45) is 3.22. The summed E-state index contributed by atoms with van der Waals surface area (Å²) in [4.78, 5) is 0. The van der Waals surface area contributed by atoms with Gasteiger partial charge in [0.1, 0.15) is 0 Å². The Morgan fingerprint density at radius 2 is 1.45 bits per heavy atom. The minimum absolute atomic E-state index is 1.49. The van der Waals surface area contributed by atoms with Gasteiger partial charge >= 0.3 is 9.05 Å². The van der Waals surface area contributed by atoms with Crippen LogP contribution in [0.15, 0.2) is 12.3 Å². The lowest BCUT2D eigenvalue weighted by Gasteiger charge is -2.20. The van der Waals surface area contributed by atoms with Crippen molar-refractivity contribution < 1.29 is 17.7 Å². The smallest absolute Gasteiger partial charge is 0.487 e. The van der Waals surface area contributed by atoms with Gasteiger partial charge in [-0.3, -0.25) is 0 Å². The highest BCUT2D eigenvalue weighted by Gasteiger charge is 2.43. The zero-order valence-corrected chi connectivity index (χ0v) is 8.29. The third-order valence-electron chi connectivity index (χ3n) is 1.10. The van der Waals surface area contributed by atoms with Gasteiger partial charge in [-0.15, -0.1) is 0 Å². The molecule has 5 heteroatoms. The average molecular weight is 178 g/mol. The van der Waals surface area contributed by atoms with Crippen molar-refractivity contribution >= 4 is 9.05 Å². The fourth-order valence-corrected chi connectivity index (χ4v) is 1.64. The molecule has 0 saturated carbocycles. The van der Waals surface area contributed by atoms with Crippen molar-refractivity contribution in [1.82, 2.24) is 0 Å². The molecule has 0 rings (SSSR count). The minimum Gasteiger partial charge on any atom is -0.487 e. The molecule has 4 nitrogen and oxygen atoms in total. The first-order valence-electron chi connectivity index (χ1n) is 3.19. The van der Waals surface area contributed by atoms with Crippen LogP contribution in [0, 0.1) is 0 Å². The molecule has 0 radical (unpaired) electrons. The summed E-state index contributed by atoms with van der Waals surface area (Å²) in [6, 6.07) is 0. The molecule has 0 amide bonds. The molecule has 0 aromatic carbocycles. The maximum absolute atomic E-state index is 5.12. The number of rotatable bonds is 5. The highest BCUT2D eigenvalue weighted by molar-refractivity contribution is 6.53. The summed E-state index contributed by atoms with van der Waals surface area (Å²) >= 11 is 0. The van der Waals surface area contributed by atoms with E-state index in [1.54, 1.807) is 6.08 Å². The van der Waals surface area contributed by atoms with Crippen molar-refractivity contribution in [2.75, 3.05) is 21.3 Å². The summed E-state index contributed by atoms with van der Waals surface area (Å²) in [5.41, 5.74) is 0. The summed E-state index contributed by atoms with van der Waals surface area (Å²) in [5.74, 6) is 0. The Bertz CT molecular complexity index is 113. The second-order valence-corrected chi connectivity index (χ2v) is 4.16. The predicted octanol–water partition coefficient (Wildman–Crippen LogP) is 0.911. The zero-order chi connectivity index (χ0) is 8.74. The van der Waals surface area contributed by atoms with E-state index in [4.69, 9.17) is 17.7 Å². The molecule has 0 bridgehead atoms. The van der Waals surface area contributed by atoms with Gasteiger partial charge in [-0.1, -0.05) is 6.08 Å². The van der Waals surface area contributed by atoms with Crippen molar-refractivity contribution in [3.8, 4) is 0 Å². The van der Waals surface area contributed by atoms with Crippen LogP contribution in [0.5, 0.6) is 0 Å². The van der Waals surface area contributed by atoms with Gasteiger partial charge in [-0.2, -0.15) is 0 Å². The fraction of sp³-hybridized carbons (Fsp3) is 0.667. The van der Waals surface area contributed by atoms with E-state index >= 15 is 0 Å². The van der Waals surface area contributed by atoms with E-state index in [0.29, 0.717) is 0 Å². The Balaban J connectivity index is 4.04. The molecule has 0 N–H and O–H groups in total. The first-order valence-corrected chi connectivity index (χ1v) is 4.82. The molecular weight excluding hydrogens is 164 g/mol. The molecule has 0 saturated heterocycles. The normalized spacial score (nSPS) is 12.4. The molecule has 0 atom stereocenters. The highest BCUT2D eigenvalue weighted by Crippen LogP contribution is 2.07. The van der Waals surface area contributed by atoms with Gasteiger partial charge in [0.15, 0.2) is 0 Å². The first kappa shape index (κ1) is 10.6. The largest absolute Gasteiger partial charge is 0.748 e. The monoisotopic (exact) mass is 178 g/mol. The van der Waals surface area contributed by atoms with Crippen LogP contribution in [-0.4, -0.2) is 30.4 Å². The minimum atomic E-state index is -2.83. The molecule has 0 spiro atoms. The van der Waals surface area contributed by atoms with Gasteiger partial charge < -0.3 is 17.7 Å². The van der Waals surface area contributed by atoms with E-state index in [-0.39, 0.29) is 0 Å². The summed E-state index contributed by atoms with van der Waals surface area (Å²) in [7, 11) is 1.64. The fourth-order valence-electron chi connectivity index (χ4n) is 0.546. The summed E-state index contributed by atoms with van der Waals surface area (Å²) in [6.45, 7) is 1.83. The SMILES string of the molecule is C/C=C\O[Si](OC)(OC)OC. The second kappa shape index (κ2) is 5.31. The van der Waals surface area contributed by atoms with Gasteiger partial charge in [0.25, 0.3) is 0 Å². The summed E-state index contributed by atoms with van der Waals surface area (Å²) in [5, 5.41) is 0. The lowest BCUT2D eigenvalue weighted by Crippen LogP contribution is -2.44. The molecule has 0 aromatic heterocycles. The molecule has 0 aromatic rings. The molecule has 66 valence electrons. The standard InChI is InChI=1S/C6H14O4Si/c1-5-6-10-11(7-2,8-3)9-4/h5-6H,1-4H3/b6-5-. The van der Waals surface area contributed by atoms with Crippen molar-refractivity contribution in [2.45, 2.75) is 6.92 Å². The van der Waals surface area contributed by atoms with Crippen LogP contribution in [0.2, 0.25) is 0 Å². The van der Waals surface area contributed by atoms with Crippen LogP contribution >= 0.6 is 0 Å². The van der Waals surface area contributed by atoms with Crippen LogP contribution in [-0.2, 0) is 17.7 Å². The molecule has 11 heavy (non-hydrogen) atoms. The molecular formula is C6H14O4Si. The molecule has 0 fully saturated rings. The van der Waals surface area contributed by atoms with Crippen molar-refractivity contribution in [2.24, 2.45) is 0 Å². The van der Waals surface area contributed by atoms with Crippen molar-refractivity contribution in [3.63, 3.8) is 0 Å². The Kier molecular flexibility index (Phi) is 5.13. The zero-order valence-electron chi connectivity index (χ0n) is 7.29. The van der Waals surface area contributed by atoms with Crippen LogP contribution in [0.1, 0.15) is 6.92 Å². The van der Waals surface area contributed by atoms with E-state index < -0.39 is 9.05 Å². The van der Waals surface area contributed by atoms with Gasteiger partial charge in [0, 0.05) is 21.3 Å². The third-order valence-corrected chi connectivity index (χ3v) is 3.02. The van der Waals surface area contributed by atoms with E-state index in [9.17, 15) is 0 Å². The van der Waals surface area contributed by atoms with E-state index in [2.05, 4.69) is 0 Å². The molecule has 0 heterocycles. The predicted molar refractivity (Wildman–Crippen MR) is 42.7 cm³/mol. The van der Waals surface area contributed by atoms with Gasteiger partial charge in [-0.25, -0.2) is 0 Å². The van der Waals surface area contributed by atoms with Crippen LogP contribution in [0.25, 0.3) is 0 Å². The van der Waals surface area contributed by atoms with Crippen LogP contribution in [0.4, 0.5) is 0 Å². The van der Waals surface area contributed by atoms with Gasteiger partial charge in [0.05, 0.1) is 6.26 Å². The van der Waals surface area contributed by atoms with E-state index in [1.165, 1.54) is 27.6 Å². The number of hydrogen-bond acceptors (Lipinski definition) is 4. The number of hydrogen-bond donors (Lipinski definition) is 0. The van der Waals surface area contributed by atoms with Crippen molar-refractivity contribution in [3.05, 3.63) is 12.3 Å². The topological polar surface area (TPSA) is 36.9 Å². The Morgan fingerprint density at radius 3 is 1.73 bits per heavy atom. The Hall–Kier alpha value is -0.363. The molecule has 0 aliphatic heterocycles. The number of allylic oxidation sites excluding steroid dienone is 1. The lowest BCUT2D eigenvalue weighted by molar-refractivity contribution is 0.0349. The van der Waals surface area contributed by atoms with Crippen molar-refractivity contribution in [1.29, 1.82) is 0 Å². The Labute approximate surface area is 68.2 Å². The second-order valence-electron chi connectivity index (χ2n) is 1.70. The van der Waals surface area contributed by atoms with E-state index in [0.717, 1.165) is 0 Å². The first-order chi connectivity index (χ1) is 5.24. The average Bonchev–Trinajstić information content (AvgIpc) is 2.08. The lowest BCUT2D eigenvalue weighted by atomic mass is 10.8. The quantitative estimate of drug-likeness (QED) is 0.463. The molecule has 0 unspecified atom stereocenters. The maximum atomic E-state index is 5.12. The summed E-state index contributed by atoms with van der Waals surface area (Å²) < 4.78 is 20.0. The molecule has 0 aliphatic rings.